The Hall–Kier alpha value is -0.430. The van der Waals surface area contributed by atoms with Gasteiger partial charge in [-0.15, -0.1) is 0 Å². The Morgan fingerprint density at radius 3 is 1.62 bits per heavy atom. The quantitative estimate of drug-likeness (QED) is 0.348. The van der Waals surface area contributed by atoms with Crippen LogP contribution in [-0.4, -0.2) is 50.1 Å². The molecule has 1 atom stereocenters. The summed E-state index contributed by atoms with van der Waals surface area (Å²) >= 11 is 0. The zero-order valence-electron chi connectivity index (χ0n) is 8.75. The van der Waals surface area contributed by atoms with E-state index < -0.39 is 16.5 Å². The van der Waals surface area contributed by atoms with E-state index in [-0.39, 0.29) is 6.03 Å². The molecule has 1 rings (SSSR count). The molecule has 9 nitrogen and oxygen atoms in total. The van der Waals surface area contributed by atoms with Crippen LogP contribution in [0.1, 0.15) is 6.92 Å². The maximum Gasteiger partial charge on any atom is 0.317 e. The second kappa shape index (κ2) is 9.77. The number of nitrogens with zero attached hydrogens (tertiary/aromatic N) is 1. The topological polar surface area (TPSA) is 147 Å². The van der Waals surface area contributed by atoms with E-state index in [9.17, 15) is 4.79 Å². The van der Waals surface area contributed by atoms with Gasteiger partial charge in [0, 0.05) is 19.6 Å². The molecule has 98 valence electrons. The predicted molar refractivity (Wildman–Crippen MR) is 57.5 cm³/mol. The molecule has 0 radical (unpaired) electrons. The molecule has 1 heterocycles. The molecular weight excluding hydrogens is 262 g/mol. The van der Waals surface area contributed by atoms with Crippen molar-refractivity contribution < 1.29 is 33.5 Å². The third-order valence-corrected chi connectivity index (χ3v) is 1.53. The fourth-order valence-electron chi connectivity index (χ4n) is 0.697. The van der Waals surface area contributed by atoms with E-state index in [2.05, 4.69) is 5.32 Å². The van der Waals surface area contributed by atoms with Gasteiger partial charge in [0.15, 0.2) is 0 Å². The van der Waals surface area contributed by atoms with Crippen LogP contribution in [0.15, 0.2) is 0 Å². The maximum atomic E-state index is 10.6. The third kappa shape index (κ3) is 13.6. The van der Waals surface area contributed by atoms with E-state index in [0.29, 0.717) is 6.04 Å². The molecule has 1 aliphatic heterocycles. The zero-order chi connectivity index (χ0) is 13.3. The summed E-state index contributed by atoms with van der Waals surface area (Å²) < 4.78 is 17.5. The number of carbonyl (C=O) groups is 1. The first-order valence-corrected chi connectivity index (χ1v) is 6.63. The minimum Gasteiger partial charge on any atom is -0.336 e. The largest absolute Gasteiger partial charge is 0.336 e. The molecule has 0 aromatic rings. The maximum absolute atomic E-state index is 10.6. The summed E-state index contributed by atoms with van der Waals surface area (Å²) in [4.78, 5) is 40.9. The van der Waals surface area contributed by atoms with E-state index in [0.717, 1.165) is 6.54 Å². The lowest BCUT2D eigenvalue weighted by molar-refractivity contribution is 0.218. The molecule has 0 aromatic heterocycles. The Morgan fingerprint density at radius 1 is 1.25 bits per heavy atom. The van der Waals surface area contributed by atoms with Crippen LogP contribution in [-0.2, 0) is 9.13 Å². The molecule has 11 heteroatoms. The molecular formula is C5H16N2O7P2. The molecule has 0 bridgehead atoms. The van der Waals surface area contributed by atoms with Gasteiger partial charge in [-0.05, 0) is 6.92 Å². The van der Waals surface area contributed by atoms with E-state index in [1.54, 1.807) is 11.9 Å². The number of urea groups is 1. The van der Waals surface area contributed by atoms with E-state index in [1.807, 2.05) is 6.92 Å². The Labute approximate surface area is 93.6 Å². The van der Waals surface area contributed by atoms with E-state index in [1.165, 1.54) is 0 Å². The fraction of sp³-hybridized carbons (Fsp3) is 0.800. The number of carbonyl (C=O) groups excluding carboxylic acids is 1. The molecule has 1 saturated heterocycles. The molecule has 2 amide bonds. The summed E-state index contributed by atoms with van der Waals surface area (Å²) in [6, 6.07) is 0.403. The standard InChI is InChI=1S/C5H10N2O.2H3O3P/c1-4-3-6-5(8)7(4)2;2*1-4(2)3/h4H,3H2,1-2H3,(H,6,8);2*4H,(H2,1,2,3). The van der Waals surface area contributed by atoms with Crippen LogP contribution in [0.25, 0.3) is 0 Å². The van der Waals surface area contributed by atoms with Gasteiger partial charge in [0.05, 0.1) is 0 Å². The molecule has 0 spiro atoms. The second-order valence-electron chi connectivity index (χ2n) is 2.71. The van der Waals surface area contributed by atoms with Crippen LogP contribution in [0, 0.1) is 0 Å². The number of hydrogen-bond donors (Lipinski definition) is 5. The Bertz CT molecular complexity index is 241. The van der Waals surface area contributed by atoms with E-state index >= 15 is 0 Å². The van der Waals surface area contributed by atoms with Crippen molar-refractivity contribution in [2.24, 2.45) is 0 Å². The van der Waals surface area contributed by atoms with Crippen molar-refractivity contribution in [3.05, 3.63) is 0 Å². The van der Waals surface area contributed by atoms with Crippen LogP contribution >= 0.6 is 16.5 Å². The minimum absolute atomic E-state index is 0.0394. The monoisotopic (exact) mass is 278 g/mol. The Kier molecular flexibility index (Phi) is 11.0. The van der Waals surface area contributed by atoms with Gasteiger partial charge in [-0.1, -0.05) is 0 Å². The lowest BCUT2D eigenvalue weighted by Crippen LogP contribution is -2.27. The highest BCUT2D eigenvalue weighted by Gasteiger charge is 2.21. The summed E-state index contributed by atoms with van der Waals surface area (Å²) in [5.74, 6) is 0. The van der Waals surface area contributed by atoms with Gasteiger partial charge in [-0.3, -0.25) is 9.13 Å². The number of nitrogens with one attached hydrogen (secondary N) is 1. The van der Waals surface area contributed by atoms with Crippen molar-refractivity contribution in [3.63, 3.8) is 0 Å². The molecule has 1 aliphatic rings. The first-order valence-electron chi connectivity index (χ1n) is 4.02. The highest BCUT2D eigenvalue weighted by molar-refractivity contribution is 7.31. The Balaban J connectivity index is 0. The van der Waals surface area contributed by atoms with Crippen LogP contribution in [0.2, 0.25) is 0 Å². The van der Waals surface area contributed by atoms with Gasteiger partial charge in [0.1, 0.15) is 0 Å². The minimum atomic E-state index is -3.13. The third-order valence-electron chi connectivity index (χ3n) is 1.53. The molecule has 5 N–H and O–H groups in total. The smallest absolute Gasteiger partial charge is 0.317 e. The lowest BCUT2D eigenvalue weighted by Gasteiger charge is -2.10. The average Bonchev–Trinajstić information content (AvgIpc) is 2.34. The number of hydrogen-bond acceptors (Lipinski definition) is 3. The summed E-state index contributed by atoms with van der Waals surface area (Å²) in [6.07, 6.45) is 0. The van der Waals surface area contributed by atoms with Gasteiger partial charge in [-0.2, -0.15) is 0 Å². The normalized spacial score (nSPS) is 18.6. The average molecular weight is 278 g/mol. The SMILES string of the molecule is CC1CNC(=O)N1C.O=[PH](O)O.O=[PH](O)O. The second-order valence-corrected chi connectivity index (χ2v) is 3.84. The van der Waals surface area contributed by atoms with Crippen LogP contribution < -0.4 is 5.32 Å². The fourth-order valence-corrected chi connectivity index (χ4v) is 0.697. The van der Waals surface area contributed by atoms with Crippen molar-refractivity contribution in [3.8, 4) is 0 Å². The van der Waals surface area contributed by atoms with Gasteiger partial charge in [0.25, 0.3) is 0 Å². The summed E-state index contributed by atoms with van der Waals surface area (Å²) in [5.41, 5.74) is 0. The van der Waals surface area contributed by atoms with Crippen LogP contribution in [0.4, 0.5) is 4.79 Å². The number of amides is 2. The summed E-state index contributed by atoms with van der Waals surface area (Å²) in [6.45, 7) is 2.80. The highest BCUT2D eigenvalue weighted by atomic mass is 31.1. The van der Waals surface area contributed by atoms with Crippen LogP contribution in [0.3, 0.4) is 0 Å². The van der Waals surface area contributed by atoms with Crippen molar-refractivity contribution in [1.29, 1.82) is 0 Å². The zero-order valence-corrected chi connectivity index (χ0v) is 10.7. The van der Waals surface area contributed by atoms with Gasteiger partial charge in [-0.25, -0.2) is 4.79 Å². The summed E-state index contributed by atoms with van der Waals surface area (Å²) in [5, 5.41) is 2.71. The van der Waals surface area contributed by atoms with E-state index in [4.69, 9.17) is 28.7 Å². The molecule has 16 heavy (non-hydrogen) atoms. The van der Waals surface area contributed by atoms with Crippen molar-refractivity contribution in [2.75, 3.05) is 13.6 Å². The van der Waals surface area contributed by atoms with Crippen molar-refractivity contribution in [1.82, 2.24) is 10.2 Å². The van der Waals surface area contributed by atoms with Gasteiger partial charge >= 0.3 is 22.5 Å². The molecule has 0 aliphatic carbocycles. The number of likely N-dealkylation sites (N-methyl/N-ethyl adjacent to an activating group) is 1. The predicted octanol–water partition coefficient (Wildman–Crippen LogP) is -1.25. The molecule has 1 fully saturated rings. The first kappa shape index (κ1) is 17.9. The molecule has 0 aromatic carbocycles. The van der Waals surface area contributed by atoms with Crippen molar-refractivity contribution in [2.45, 2.75) is 13.0 Å². The first-order chi connectivity index (χ1) is 7.18. The molecule has 1 unspecified atom stereocenters. The van der Waals surface area contributed by atoms with Gasteiger partial charge < -0.3 is 29.8 Å². The van der Waals surface area contributed by atoms with Gasteiger partial charge in [0.2, 0.25) is 0 Å². The highest BCUT2D eigenvalue weighted by Crippen LogP contribution is 2.00. The van der Waals surface area contributed by atoms with Crippen molar-refractivity contribution >= 4 is 22.5 Å². The Morgan fingerprint density at radius 2 is 1.56 bits per heavy atom. The summed E-state index contributed by atoms with van der Waals surface area (Å²) in [7, 11) is -4.46. The van der Waals surface area contributed by atoms with Crippen LogP contribution in [0.5, 0.6) is 0 Å². The molecule has 0 saturated carbocycles. The number of rotatable bonds is 0. The lowest BCUT2D eigenvalue weighted by atomic mass is 10.3.